The Hall–Kier alpha value is -1.10. The quantitative estimate of drug-likeness (QED) is 0.750. The summed E-state index contributed by atoms with van der Waals surface area (Å²) in [5.41, 5.74) is -5.42. The van der Waals surface area contributed by atoms with Gasteiger partial charge in [-0.1, -0.05) is 0 Å². The van der Waals surface area contributed by atoms with Gasteiger partial charge < -0.3 is 10.0 Å². The molecule has 0 spiro atoms. The summed E-state index contributed by atoms with van der Waals surface area (Å²) < 4.78 is 90.8. The Morgan fingerprint density at radius 3 is 2.23 bits per heavy atom. The van der Waals surface area contributed by atoms with Crippen LogP contribution in [0.5, 0.6) is 0 Å². The van der Waals surface area contributed by atoms with Crippen LogP contribution < -0.4 is 5.32 Å². The van der Waals surface area contributed by atoms with Crippen molar-refractivity contribution < 1.29 is 40.6 Å². The van der Waals surface area contributed by atoms with E-state index in [1.807, 2.05) is 0 Å². The van der Waals surface area contributed by atoms with Gasteiger partial charge in [0.15, 0.2) is 0 Å². The average molecular weight is 338 g/mol. The molecule has 2 rings (SSSR count). The van der Waals surface area contributed by atoms with Crippen LogP contribution in [0.4, 0.5) is 30.7 Å². The van der Waals surface area contributed by atoms with Crippen LogP contribution in [-0.4, -0.2) is 58.3 Å². The largest absolute Gasteiger partial charge is 0.459 e. The number of alkyl halides is 7. The Morgan fingerprint density at radius 2 is 1.73 bits per heavy atom. The molecule has 2 aliphatic rings. The maximum Gasteiger partial charge on any atom is 0.459 e. The number of rotatable bonds is 2. The smallest absolute Gasteiger partial charge is 0.383 e. The van der Waals surface area contributed by atoms with Crippen LogP contribution in [0.3, 0.4) is 0 Å². The van der Waals surface area contributed by atoms with E-state index in [-0.39, 0.29) is 13.1 Å². The van der Waals surface area contributed by atoms with Crippen molar-refractivity contribution in [3.63, 3.8) is 0 Å². The Bertz CT molecular complexity index is 495. The number of fused-ring (bicyclic) bond motifs is 1. The predicted molar refractivity (Wildman–Crippen MR) is 58.3 cm³/mol. The predicted octanol–water partition coefficient (Wildman–Crippen LogP) is 1.49. The molecule has 0 aromatic carbocycles. The third kappa shape index (κ3) is 2.08. The number of amides is 1. The summed E-state index contributed by atoms with van der Waals surface area (Å²) in [5, 5.41) is 12.4. The minimum atomic E-state index is -6.56. The molecule has 0 saturated carbocycles. The van der Waals surface area contributed by atoms with E-state index in [0.29, 0.717) is 0 Å². The van der Waals surface area contributed by atoms with Crippen molar-refractivity contribution >= 4 is 5.91 Å². The maximum atomic E-state index is 13.8. The Balaban J connectivity index is 2.44. The molecule has 4 nitrogen and oxygen atoms in total. The molecule has 2 fully saturated rings. The monoisotopic (exact) mass is 338 g/mol. The standard InChI is InChI=1S/C11H13F7N2O2/c1-7-5-8(22,4-6(21)20(7)3-2-19-7)9(12,13)10(14,15)11(16,17)18/h19,22H,2-5H2,1H3/t7-,8-/m0/s1. The molecule has 0 bridgehead atoms. The van der Waals surface area contributed by atoms with Crippen LogP contribution in [0, 0.1) is 0 Å². The molecule has 22 heavy (non-hydrogen) atoms. The number of nitrogens with one attached hydrogen (secondary N) is 1. The van der Waals surface area contributed by atoms with Gasteiger partial charge in [0.1, 0.15) is 5.60 Å². The molecular weight excluding hydrogens is 325 g/mol. The maximum absolute atomic E-state index is 13.8. The Morgan fingerprint density at radius 1 is 1.18 bits per heavy atom. The van der Waals surface area contributed by atoms with E-state index in [2.05, 4.69) is 5.32 Å². The first-order chi connectivity index (χ1) is 9.68. The Labute approximate surface area is 120 Å². The SMILES string of the molecule is C[C@@]12C[C@](O)(C(F)(F)C(F)(F)C(F)(F)F)CC(=O)N1CCN2. The minimum Gasteiger partial charge on any atom is -0.383 e. The van der Waals surface area contributed by atoms with Crippen LogP contribution in [0.15, 0.2) is 0 Å². The molecule has 2 aliphatic heterocycles. The van der Waals surface area contributed by atoms with Gasteiger partial charge in [0.2, 0.25) is 5.91 Å². The number of nitrogens with zero attached hydrogens (tertiary/aromatic N) is 1. The van der Waals surface area contributed by atoms with Crippen LogP contribution in [0.2, 0.25) is 0 Å². The third-order valence-corrected chi connectivity index (χ3v) is 4.15. The lowest BCUT2D eigenvalue weighted by atomic mass is 9.76. The first kappa shape index (κ1) is 17.3. The summed E-state index contributed by atoms with van der Waals surface area (Å²) in [4.78, 5) is 12.8. The minimum absolute atomic E-state index is 0.0899. The molecule has 0 aliphatic carbocycles. The lowest BCUT2D eigenvalue weighted by Gasteiger charge is -2.50. The van der Waals surface area contributed by atoms with E-state index in [4.69, 9.17) is 0 Å². The summed E-state index contributed by atoms with van der Waals surface area (Å²) >= 11 is 0. The molecule has 128 valence electrons. The van der Waals surface area contributed by atoms with E-state index in [0.717, 1.165) is 4.90 Å². The van der Waals surface area contributed by atoms with Gasteiger partial charge in [0.25, 0.3) is 0 Å². The van der Waals surface area contributed by atoms with Crippen LogP contribution >= 0.6 is 0 Å². The molecule has 11 heteroatoms. The second-order valence-corrected chi connectivity index (χ2v) is 5.78. The van der Waals surface area contributed by atoms with Crippen molar-refractivity contribution in [3.05, 3.63) is 0 Å². The molecule has 0 unspecified atom stereocenters. The highest BCUT2D eigenvalue weighted by molar-refractivity contribution is 5.80. The number of hydrogen-bond donors (Lipinski definition) is 2. The normalized spacial score (nSPS) is 34.0. The average Bonchev–Trinajstić information content (AvgIpc) is 2.68. The highest BCUT2D eigenvalue weighted by Crippen LogP contribution is 2.55. The van der Waals surface area contributed by atoms with Gasteiger partial charge in [0, 0.05) is 19.5 Å². The molecule has 0 aromatic rings. The fourth-order valence-electron chi connectivity index (χ4n) is 3.01. The summed E-state index contributed by atoms with van der Waals surface area (Å²) in [6, 6.07) is 0. The van der Waals surface area contributed by atoms with E-state index < -0.39 is 48.0 Å². The highest BCUT2D eigenvalue weighted by Gasteiger charge is 2.81. The summed E-state index contributed by atoms with van der Waals surface area (Å²) in [7, 11) is 0. The second-order valence-electron chi connectivity index (χ2n) is 5.78. The molecule has 2 saturated heterocycles. The summed E-state index contributed by atoms with van der Waals surface area (Å²) in [6.45, 7) is 1.43. The summed E-state index contributed by atoms with van der Waals surface area (Å²) in [5.74, 6) is -13.4. The van der Waals surface area contributed by atoms with Crippen molar-refractivity contribution in [2.24, 2.45) is 0 Å². The third-order valence-electron chi connectivity index (χ3n) is 4.15. The zero-order valence-corrected chi connectivity index (χ0v) is 11.3. The molecule has 1 amide bonds. The van der Waals surface area contributed by atoms with Crippen molar-refractivity contribution in [3.8, 4) is 0 Å². The fourth-order valence-corrected chi connectivity index (χ4v) is 3.01. The van der Waals surface area contributed by atoms with Crippen molar-refractivity contribution in [1.29, 1.82) is 0 Å². The van der Waals surface area contributed by atoms with Gasteiger partial charge in [-0.25, -0.2) is 0 Å². The molecule has 0 radical (unpaired) electrons. The van der Waals surface area contributed by atoms with Crippen LogP contribution in [0.1, 0.15) is 19.8 Å². The van der Waals surface area contributed by atoms with Gasteiger partial charge in [-0.2, -0.15) is 30.7 Å². The number of halogens is 7. The lowest BCUT2D eigenvalue weighted by Crippen LogP contribution is -2.71. The first-order valence-electron chi connectivity index (χ1n) is 6.28. The number of hydrogen-bond acceptors (Lipinski definition) is 3. The van der Waals surface area contributed by atoms with Crippen molar-refractivity contribution in [2.75, 3.05) is 13.1 Å². The highest BCUT2D eigenvalue weighted by atomic mass is 19.4. The summed E-state index contributed by atoms with van der Waals surface area (Å²) in [6.07, 6.45) is -9.22. The van der Waals surface area contributed by atoms with Gasteiger partial charge in [0.05, 0.1) is 12.1 Å². The number of carbonyl (C=O) groups excluding carboxylic acids is 1. The Kier molecular flexibility index (Phi) is 3.50. The van der Waals surface area contributed by atoms with Crippen LogP contribution in [-0.2, 0) is 4.79 Å². The zero-order chi connectivity index (χ0) is 17.2. The van der Waals surface area contributed by atoms with Gasteiger partial charge >= 0.3 is 18.0 Å². The van der Waals surface area contributed by atoms with E-state index in [1.165, 1.54) is 6.92 Å². The van der Waals surface area contributed by atoms with E-state index in [9.17, 15) is 40.6 Å². The number of carbonyl (C=O) groups is 1. The van der Waals surface area contributed by atoms with Gasteiger partial charge in [-0.15, -0.1) is 0 Å². The topological polar surface area (TPSA) is 52.6 Å². The molecular formula is C11H13F7N2O2. The van der Waals surface area contributed by atoms with Gasteiger partial charge in [-0.05, 0) is 6.92 Å². The van der Waals surface area contributed by atoms with Crippen LogP contribution in [0.25, 0.3) is 0 Å². The molecule has 2 N–H and O–H groups in total. The van der Waals surface area contributed by atoms with Crippen molar-refractivity contribution in [2.45, 2.75) is 49.1 Å². The van der Waals surface area contributed by atoms with Crippen molar-refractivity contribution in [1.82, 2.24) is 10.2 Å². The molecule has 2 heterocycles. The lowest BCUT2D eigenvalue weighted by molar-refractivity contribution is -0.392. The second kappa shape index (κ2) is 4.47. The van der Waals surface area contributed by atoms with E-state index >= 15 is 0 Å². The number of aliphatic hydroxyl groups is 1. The zero-order valence-electron chi connectivity index (χ0n) is 11.3. The molecule has 2 atom stereocenters. The fraction of sp³-hybridized carbons (Fsp3) is 0.909. The number of piperidine rings is 1. The van der Waals surface area contributed by atoms with E-state index in [1.54, 1.807) is 0 Å². The first-order valence-corrected chi connectivity index (χ1v) is 6.28. The van der Waals surface area contributed by atoms with Gasteiger partial charge in [-0.3, -0.25) is 10.1 Å². The molecule has 0 aromatic heterocycles.